The second-order valence-corrected chi connectivity index (χ2v) is 10.9. The molecule has 1 aromatic heterocycles. The van der Waals surface area contributed by atoms with Crippen LogP contribution in [0.5, 0.6) is 5.75 Å². The minimum absolute atomic E-state index is 0.141. The summed E-state index contributed by atoms with van der Waals surface area (Å²) < 4.78 is 5.56. The molecule has 3 aromatic rings. The zero-order valence-electron chi connectivity index (χ0n) is 22.7. The molecule has 0 spiro atoms. The molecule has 1 N–H and O–H groups in total. The maximum atomic E-state index is 14.4. The molecule has 0 saturated heterocycles. The molecule has 5 rings (SSSR count). The van der Waals surface area contributed by atoms with E-state index in [1.807, 2.05) is 19.9 Å². The van der Waals surface area contributed by atoms with Crippen molar-refractivity contribution in [3.8, 4) is 22.9 Å². The topological polar surface area (TPSA) is 91.3 Å². The van der Waals surface area contributed by atoms with Gasteiger partial charge in [-0.15, -0.1) is 0 Å². The van der Waals surface area contributed by atoms with Gasteiger partial charge >= 0.3 is 5.63 Å². The first-order valence-electron chi connectivity index (χ1n) is 13.1. The van der Waals surface area contributed by atoms with Crippen LogP contribution in [0.2, 0.25) is 5.02 Å². The number of carbonyl (C=O) groups is 1. The SMILES string of the molecule is Cc1cc(C(=O)C(C#N)C(c2ccc(Cl)cc2)c2c(O)c3ccccc3oc2=O)c2c(C)cc(C(C)C)ccc1-2. The van der Waals surface area contributed by atoms with Gasteiger partial charge in [0.2, 0.25) is 0 Å². The van der Waals surface area contributed by atoms with Crippen LogP contribution >= 0.6 is 11.6 Å². The van der Waals surface area contributed by atoms with Gasteiger partial charge in [-0.1, -0.05) is 67.9 Å². The smallest absolute Gasteiger partial charge is 0.343 e. The lowest BCUT2D eigenvalue weighted by molar-refractivity contribution is 0.0940. The van der Waals surface area contributed by atoms with E-state index in [9.17, 15) is 20.0 Å². The van der Waals surface area contributed by atoms with Crippen LogP contribution in [-0.4, -0.2) is 10.9 Å². The second-order valence-electron chi connectivity index (χ2n) is 10.5. The Kier molecular flexibility index (Phi) is 7.23. The van der Waals surface area contributed by atoms with E-state index in [1.54, 1.807) is 54.6 Å². The number of ketones is 1. The van der Waals surface area contributed by atoms with Crippen LogP contribution in [-0.2, 0) is 0 Å². The molecular formula is C34H28ClNO4. The van der Waals surface area contributed by atoms with E-state index in [2.05, 4.69) is 32.0 Å². The summed E-state index contributed by atoms with van der Waals surface area (Å²) in [6, 6.07) is 23.3. The highest BCUT2D eigenvalue weighted by molar-refractivity contribution is 6.30. The molecule has 2 aromatic carbocycles. The van der Waals surface area contributed by atoms with Crippen LogP contribution in [0.25, 0.3) is 22.1 Å². The van der Waals surface area contributed by atoms with Crippen LogP contribution in [0, 0.1) is 31.1 Å². The highest BCUT2D eigenvalue weighted by Gasteiger charge is 2.38. The number of benzene rings is 2. The fourth-order valence-electron chi connectivity index (χ4n) is 5.52. The quantitative estimate of drug-likeness (QED) is 0.170. The summed E-state index contributed by atoms with van der Waals surface area (Å²) in [5.41, 5.74) is 4.85. The van der Waals surface area contributed by atoms with Gasteiger partial charge in [0.1, 0.15) is 17.3 Å². The normalized spacial score (nSPS) is 12.9. The third-order valence-electron chi connectivity index (χ3n) is 7.59. The fourth-order valence-corrected chi connectivity index (χ4v) is 5.65. The molecular weight excluding hydrogens is 522 g/mol. The number of fused-ring (bicyclic) bond motifs is 2. The number of carbonyl (C=O) groups excluding carboxylic acids is 1. The standard InChI is InChI=1S/C34H28ClNO4/c1-18(2)22-11-14-24-19(3)16-26(29(24)20(4)15-22)32(37)27(17-36)30(21-9-12-23(35)13-10-21)31-33(38)25-7-5-6-8-28(25)40-34(31)39/h5-16,18,27,30,38H,1-4H3. The minimum Gasteiger partial charge on any atom is -0.507 e. The monoisotopic (exact) mass is 549 g/mol. The van der Waals surface area contributed by atoms with Crippen molar-refractivity contribution in [3.05, 3.63) is 122 Å². The third-order valence-corrected chi connectivity index (χ3v) is 7.84. The molecule has 0 aliphatic heterocycles. The summed E-state index contributed by atoms with van der Waals surface area (Å²) in [4.78, 5) is 27.7. The lowest BCUT2D eigenvalue weighted by atomic mass is 9.77. The number of para-hydroxylation sites is 1. The number of rotatable bonds is 6. The van der Waals surface area contributed by atoms with Crippen molar-refractivity contribution >= 4 is 28.4 Å². The molecule has 6 heteroatoms. The molecule has 5 nitrogen and oxygen atoms in total. The van der Waals surface area contributed by atoms with Gasteiger partial charge in [-0.3, -0.25) is 4.79 Å². The van der Waals surface area contributed by atoms with Crippen molar-refractivity contribution < 1.29 is 14.3 Å². The molecule has 2 unspecified atom stereocenters. The molecule has 2 aliphatic rings. The summed E-state index contributed by atoms with van der Waals surface area (Å²) in [5, 5.41) is 22.6. The Morgan fingerprint density at radius 2 is 1.62 bits per heavy atom. The number of aromatic hydroxyl groups is 1. The molecule has 40 heavy (non-hydrogen) atoms. The van der Waals surface area contributed by atoms with Gasteiger partial charge in [0, 0.05) is 16.5 Å². The lowest BCUT2D eigenvalue weighted by Gasteiger charge is -2.23. The average molecular weight is 550 g/mol. The number of hydrogen-bond donors (Lipinski definition) is 1. The van der Waals surface area contributed by atoms with E-state index >= 15 is 0 Å². The molecule has 200 valence electrons. The van der Waals surface area contributed by atoms with Gasteiger partial charge in [-0.05, 0) is 83.5 Å². The zero-order valence-corrected chi connectivity index (χ0v) is 23.4. The first-order valence-corrected chi connectivity index (χ1v) is 13.5. The van der Waals surface area contributed by atoms with Crippen LogP contribution in [0.15, 0.2) is 82.0 Å². The molecule has 2 atom stereocenters. The van der Waals surface area contributed by atoms with Gasteiger partial charge in [0.25, 0.3) is 0 Å². The summed E-state index contributed by atoms with van der Waals surface area (Å²) in [7, 11) is 0. The molecule has 0 saturated carbocycles. The molecule has 2 aliphatic carbocycles. The number of halogens is 1. The van der Waals surface area contributed by atoms with Crippen molar-refractivity contribution in [2.75, 3.05) is 0 Å². The molecule has 0 fully saturated rings. The maximum absolute atomic E-state index is 14.4. The Bertz CT molecular complexity index is 1830. The number of Topliss-reactive ketones (excluding diaryl/α,β-unsaturated/α-hetero) is 1. The Balaban J connectivity index is 1.75. The predicted octanol–water partition coefficient (Wildman–Crippen LogP) is 8.15. The van der Waals surface area contributed by atoms with Crippen LogP contribution < -0.4 is 5.63 Å². The van der Waals surface area contributed by atoms with Gasteiger partial charge in [-0.25, -0.2) is 4.79 Å². The number of nitrogens with zero attached hydrogens (tertiary/aromatic N) is 1. The number of aryl methyl sites for hydroxylation is 2. The Morgan fingerprint density at radius 1 is 0.950 bits per heavy atom. The van der Waals surface area contributed by atoms with E-state index in [1.165, 1.54) is 0 Å². The van der Waals surface area contributed by atoms with Crippen LogP contribution in [0.3, 0.4) is 0 Å². The van der Waals surface area contributed by atoms with Crippen molar-refractivity contribution in [3.63, 3.8) is 0 Å². The summed E-state index contributed by atoms with van der Waals surface area (Å²) in [6.45, 7) is 8.13. The van der Waals surface area contributed by atoms with Gasteiger partial charge in [0.15, 0.2) is 5.78 Å². The average Bonchev–Trinajstić information content (AvgIpc) is 3.15. The molecule has 1 heterocycles. The number of hydrogen-bond acceptors (Lipinski definition) is 5. The van der Waals surface area contributed by atoms with Crippen LogP contribution in [0.1, 0.15) is 63.9 Å². The molecule has 0 bridgehead atoms. The van der Waals surface area contributed by atoms with E-state index in [0.29, 0.717) is 27.5 Å². The minimum atomic E-state index is -1.34. The summed E-state index contributed by atoms with van der Waals surface area (Å²) in [5.74, 6) is -2.90. The molecule has 0 amide bonds. The molecule has 0 radical (unpaired) electrons. The summed E-state index contributed by atoms with van der Waals surface area (Å²) >= 11 is 6.15. The van der Waals surface area contributed by atoms with Crippen LogP contribution in [0.4, 0.5) is 0 Å². The van der Waals surface area contributed by atoms with E-state index in [4.69, 9.17) is 16.0 Å². The Hall–Kier alpha value is -4.40. The fraction of sp³-hybridized carbons (Fsp3) is 0.206. The summed E-state index contributed by atoms with van der Waals surface area (Å²) in [6.07, 6.45) is 0. The first kappa shape index (κ1) is 27.2. The van der Waals surface area contributed by atoms with Gasteiger partial charge < -0.3 is 9.52 Å². The van der Waals surface area contributed by atoms with Crippen molar-refractivity contribution in [2.24, 2.45) is 5.92 Å². The van der Waals surface area contributed by atoms with Crippen molar-refractivity contribution in [1.82, 2.24) is 0 Å². The third kappa shape index (κ3) is 4.65. The lowest BCUT2D eigenvalue weighted by Crippen LogP contribution is -2.26. The van der Waals surface area contributed by atoms with E-state index < -0.39 is 23.2 Å². The maximum Gasteiger partial charge on any atom is 0.343 e. The van der Waals surface area contributed by atoms with Gasteiger partial charge in [0.05, 0.1) is 17.0 Å². The predicted molar refractivity (Wildman–Crippen MR) is 158 cm³/mol. The van der Waals surface area contributed by atoms with Crippen molar-refractivity contribution in [1.29, 1.82) is 5.26 Å². The largest absolute Gasteiger partial charge is 0.507 e. The van der Waals surface area contributed by atoms with E-state index in [-0.39, 0.29) is 16.9 Å². The van der Waals surface area contributed by atoms with Crippen molar-refractivity contribution in [2.45, 2.75) is 39.5 Å². The first-order chi connectivity index (χ1) is 19.1. The Labute approximate surface area is 237 Å². The zero-order chi connectivity index (χ0) is 28.7. The second kappa shape index (κ2) is 10.6. The highest BCUT2D eigenvalue weighted by Crippen LogP contribution is 2.43. The highest BCUT2D eigenvalue weighted by atomic mass is 35.5. The van der Waals surface area contributed by atoms with E-state index in [0.717, 1.165) is 27.8 Å². The Morgan fingerprint density at radius 3 is 2.30 bits per heavy atom. The number of nitriles is 1. The van der Waals surface area contributed by atoms with Gasteiger partial charge in [-0.2, -0.15) is 5.26 Å².